The largest absolute Gasteiger partial charge is 0.496 e. The topological polar surface area (TPSA) is 94.1 Å². The summed E-state index contributed by atoms with van der Waals surface area (Å²) in [7, 11) is 1.70. The Kier molecular flexibility index (Phi) is 8.19. The Morgan fingerprint density at radius 1 is 1.26 bits per heavy atom. The molecule has 0 radical (unpaired) electrons. The van der Waals surface area contributed by atoms with Crippen LogP contribution in [0.2, 0.25) is 0 Å². The molecule has 0 aromatic heterocycles. The van der Waals surface area contributed by atoms with E-state index in [2.05, 4.69) is 19.2 Å². The van der Waals surface area contributed by atoms with Crippen molar-refractivity contribution in [1.29, 1.82) is 0 Å². The summed E-state index contributed by atoms with van der Waals surface area (Å²) in [6.45, 7) is 11.7. The van der Waals surface area contributed by atoms with Crippen molar-refractivity contribution in [1.82, 2.24) is 5.32 Å². The van der Waals surface area contributed by atoms with Crippen LogP contribution in [-0.4, -0.2) is 60.7 Å². The first-order valence-electron chi connectivity index (χ1n) is 12.3. The molecule has 5 atom stereocenters. The quantitative estimate of drug-likeness (QED) is 0.302. The van der Waals surface area contributed by atoms with E-state index in [1.165, 1.54) is 7.11 Å². The monoisotopic (exact) mass is 507 g/mol. The molecule has 2 N–H and O–H groups in total. The molecule has 4 rings (SSSR count). The lowest BCUT2D eigenvalue weighted by Gasteiger charge is -2.65. The van der Waals surface area contributed by atoms with Crippen molar-refractivity contribution >= 4 is 31.0 Å². The number of esters is 1. The maximum Gasteiger partial charge on any atom is 0.342 e. The summed E-state index contributed by atoms with van der Waals surface area (Å²) in [5, 5.41) is 14.2. The molecular formula is C26H39BClNO6. The average Bonchev–Trinajstić information content (AvgIpc) is 2.75. The molecule has 9 heteroatoms. The van der Waals surface area contributed by atoms with Crippen molar-refractivity contribution in [3.63, 3.8) is 0 Å². The Morgan fingerprint density at radius 2 is 1.94 bits per heavy atom. The molecule has 1 aromatic carbocycles. The highest BCUT2D eigenvalue weighted by atomic mass is 35.5. The summed E-state index contributed by atoms with van der Waals surface area (Å²) < 4.78 is 17.4. The lowest BCUT2D eigenvalue weighted by molar-refractivity contribution is -0.239. The summed E-state index contributed by atoms with van der Waals surface area (Å²) in [6, 6.07) is 5.27. The van der Waals surface area contributed by atoms with Gasteiger partial charge in [0.1, 0.15) is 22.8 Å². The van der Waals surface area contributed by atoms with Gasteiger partial charge in [0.15, 0.2) is 0 Å². The van der Waals surface area contributed by atoms with Crippen LogP contribution >= 0.6 is 11.6 Å². The van der Waals surface area contributed by atoms with Crippen LogP contribution in [0.25, 0.3) is 0 Å². The van der Waals surface area contributed by atoms with Gasteiger partial charge in [-0.1, -0.05) is 26.0 Å². The van der Waals surface area contributed by atoms with E-state index in [9.17, 15) is 14.7 Å². The minimum Gasteiger partial charge on any atom is -0.496 e. The Morgan fingerprint density at radius 3 is 2.49 bits per heavy atom. The zero-order valence-corrected chi connectivity index (χ0v) is 22.7. The second-order valence-electron chi connectivity index (χ2n) is 11.7. The number of benzene rings is 1. The number of carbonyl (C=O) groups is 2. The van der Waals surface area contributed by atoms with E-state index < -0.39 is 23.1 Å². The van der Waals surface area contributed by atoms with Gasteiger partial charge in [-0.15, -0.1) is 11.6 Å². The minimum absolute atomic E-state index is 0.102. The normalized spacial score (nSPS) is 27.9. The molecule has 0 saturated heterocycles. The van der Waals surface area contributed by atoms with E-state index >= 15 is 0 Å². The Balaban J connectivity index is 1.77. The van der Waals surface area contributed by atoms with Crippen LogP contribution in [0, 0.1) is 17.3 Å². The molecule has 1 aromatic rings. The highest BCUT2D eigenvalue weighted by Gasteiger charge is 2.63. The number of nitrogens with one attached hydrogen (secondary N) is 1. The maximum absolute atomic E-state index is 12.8. The van der Waals surface area contributed by atoms with E-state index in [1.807, 2.05) is 33.8 Å². The molecule has 35 heavy (non-hydrogen) atoms. The highest BCUT2D eigenvalue weighted by molar-refractivity contribution is 6.32. The number of hydrogen-bond donors (Lipinski definition) is 2. The van der Waals surface area contributed by atoms with Crippen molar-refractivity contribution < 1.29 is 28.8 Å². The number of carbonyl (C=O) groups excluding carboxylic acids is 2. The molecule has 3 fully saturated rings. The third-order valence-electron chi connectivity index (χ3n) is 7.70. The fourth-order valence-corrected chi connectivity index (χ4v) is 5.84. The van der Waals surface area contributed by atoms with Crippen LogP contribution in [0.5, 0.6) is 5.75 Å². The zero-order chi connectivity index (χ0) is 26.2. The number of rotatable bonds is 9. The van der Waals surface area contributed by atoms with Crippen molar-refractivity contribution in [2.24, 2.45) is 17.3 Å². The number of alkyl halides is 1. The minimum atomic E-state index is -0.937. The number of halogens is 1. The van der Waals surface area contributed by atoms with Crippen LogP contribution in [-0.2, 0) is 20.6 Å². The van der Waals surface area contributed by atoms with E-state index in [1.54, 1.807) is 12.1 Å². The standard InChI is InChI=1S/C26H39BClNO6/c1-24(2,3)34-23(31)17-10-8-9-15(22(17)33-7)11-20(29-21(30)14-28)27-35-19-13-16-12-18(25(16,4)5)26(19,6)32/h8-10,16,18-20,27,32H,11-14H2,1-7H3,(H,29,30)/t16-,18-,19+,20-,26-/m0/s1. The number of aliphatic hydroxyl groups is 1. The second kappa shape index (κ2) is 10.3. The zero-order valence-electron chi connectivity index (χ0n) is 21.9. The number of hydrogen-bond acceptors (Lipinski definition) is 6. The van der Waals surface area contributed by atoms with E-state index in [0.29, 0.717) is 23.7 Å². The maximum atomic E-state index is 12.8. The third kappa shape index (κ3) is 5.97. The van der Waals surface area contributed by atoms with Crippen LogP contribution in [0.3, 0.4) is 0 Å². The number of para-hydroxylation sites is 1. The first-order chi connectivity index (χ1) is 16.2. The van der Waals surface area contributed by atoms with Gasteiger partial charge < -0.3 is 24.6 Å². The molecule has 0 heterocycles. The first kappa shape index (κ1) is 27.8. The highest BCUT2D eigenvalue weighted by Crippen LogP contribution is 2.63. The summed E-state index contributed by atoms with van der Waals surface area (Å²) in [6.07, 6.45) is 1.84. The van der Waals surface area contributed by atoms with Crippen molar-refractivity contribution in [3.8, 4) is 5.75 Å². The third-order valence-corrected chi connectivity index (χ3v) is 7.94. The Bertz CT molecular complexity index is 944. The fraction of sp³-hybridized carbons (Fsp3) is 0.692. The summed E-state index contributed by atoms with van der Waals surface area (Å²) in [5.74, 6) is -0.300. The van der Waals surface area contributed by atoms with Gasteiger partial charge in [-0.25, -0.2) is 4.79 Å². The molecular weight excluding hydrogens is 469 g/mol. The van der Waals surface area contributed by atoms with E-state index in [-0.39, 0.29) is 36.7 Å². The van der Waals surface area contributed by atoms with Gasteiger partial charge in [-0.3, -0.25) is 4.79 Å². The molecule has 0 unspecified atom stereocenters. The Hall–Kier alpha value is -1.77. The van der Waals surface area contributed by atoms with Crippen LogP contribution in [0.15, 0.2) is 18.2 Å². The van der Waals surface area contributed by atoms with Gasteiger partial charge in [0.05, 0.1) is 18.8 Å². The Labute approximate surface area is 214 Å². The molecule has 0 spiro atoms. The summed E-state index contributed by atoms with van der Waals surface area (Å²) >= 11 is 5.76. The van der Waals surface area contributed by atoms with Crippen LogP contribution in [0.1, 0.15) is 70.3 Å². The smallest absolute Gasteiger partial charge is 0.342 e. The van der Waals surface area contributed by atoms with Gasteiger partial charge in [0, 0.05) is 5.94 Å². The predicted molar refractivity (Wildman–Crippen MR) is 137 cm³/mol. The molecule has 194 valence electrons. The molecule has 3 aliphatic rings. The molecule has 7 nitrogen and oxygen atoms in total. The lowest BCUT2D eigenvalue weighted by Crippen LogP contribution is -2.67. The molecule has 2 bridgehead atoms. The van der Waals surface area contributed by atoms with Crippen molar-refractivity contribution in [2.45, 2.75) is 84.1 Å². The second-order valence-corrected chi connectivity index (χ2v) is 12.0. The molecule has 3 aliphatic carbocycles. The van der Waals surface area contributed by atoms with E-state index in [4.69, 9.17) is 25.7 Å². The van der Waals surface area contributed by atoms with Crippen LogP contribution < -0.4 is 10.1 Å². The number of amides is 1. The number of fused-ring (bicyclic) bond motifs is 2. The SMILES string of the molecule is COc1c(C[C@@H](BO[C@@H]2C[C@@H]3C[C@@H](C3(C)C)[C@]2(C)O)NC(=O)CCl)cccc1C(=O)OC(C)(C)C. The van der Waals surface area contributed by atoms with Crippen molar-refractivity contribution in [2.75, 3.05) is 13.0 Å². The van der Waals surface area contributed by atoms with Gasteiger partial charge >= 0.3 is 5.97 Å². The van der Waals surface area contributed by atoms with Crippen molar-refractivity contribution in [3.05, 3.63) is 29.3 Å². The molecule has 3 saturated carbocycles. The number of ether oxygens (including phenoxy) is 2. The molecule has 0 aliphatic heterocycles. The fourth-order valence-electron chi connectivity index (χ4n) is 5.76. The van der Waals surface area contributed by atoms with Gasteiger partial charge in [-0.05, 0) is 75.8 Å². The summed E-state index contributed by atoms with van der Waals surface area (Å²) in [5.41, 5.74) is -0.423. The first-order valence-corrected chi connectivity index (χ1v) is 12.8. The average molecular weight is 508 g/mol. The van der Waals surface area contributed by atoms with Crippen LogP contribution in [0.4, 0.5) is 0 Å². The molecule has 1 amide bonds. The lowest BCUT2D eigenvalue weighted by atomic mass is 9.43. The number of methoxy groups -OCH3 is 1. The predicted octanol–water partition coefficient (Wildman–Crippen LogP) is 3.43. The van der Waals surface area contributed by atoms with Gasteiger partial charge in [0.2, 0.25) is 5.91 Å². The van der Waals surface area contributed by atoms with E-state index in [0.717, 1.165) is 18.4 Å². The summed E-state index contributed by atoms with van der Waals surface area (Å²) in [4.78, 5) is 24.9. The van der Waals surface area contributed by atoms with Gasteiger partial charge in [0.25, 0.3) is 7.48 Å². The van der Waals surface area contributed by atoms with Gasteiger partial charge in [-0.2, -0.15) is 0 Å².